The van der Waals surface area contributed by atoms with Crippen molar-refractivity contribution in [3.63, 3.8) is 0 Å². The second-order valence-electron chi connectivity index (χ2n) is 3.25. The molecule has 0 radical (unpaired) electrons. The van der Waals surface area contributed by atoms with Crippen LogP contribution in [-0.2, 0) is 0 Å². The summed E-state index contributed by atoms with van der Waals surface area (Å²) in [6, 6.07) is 0. The maximum atomic E-state index is 11.9. The van der Waals surface area contributed by atoms with Gasteiger partial charge in [0.05, 0.1) is 5.56 Å². The maximum Gasteiger partial charge on any atom is 0.265 e. The van der Waals surface area contributed by atoms with E-state index in [2.05, 4.69) is 9.97 Å². The van der Waals surface area contributed by atoms with Gasteiger partial charge >= 0.3 is 0 Å². The Morgan fingerprint density at radius 2 is 2.29 bits per heavy atom. The molecule has 0 aliphatic rings. The summed E-state index contributed by atoms with van der Waals surface area (Å²) in [5, 5.41) is 0. The first-order chi connectivity index (χ1) is 6.70. The van der Waals surface area contributed by atoms with Crippen molar-refractivity contribution in [2.75, 3.05) is 0 Å². The first-order valence-electron chi connectivity index (χ1n) is 4.37. The first kappa shape index (κ1) is 8.74. The van der Waals surface area contributed by atoms with Gasteiger partial charge in [0.2, 0.25) is 0 Å². The summed E-state index contributed by atoms with van der Waals surface area (Å²) in [4.78, 5) is 18.8. The van der Waals surface area contributed by atoms with Crippen LogP contribution in [0, 0.1) is 13.8 Å². The lowest BCUT2D eigenvalue weighted by Gasteiger charge is -2.01. The van der Waals surface area contributed by atoms with Crippen molar-refractivity contribution in [3.05, 3.63) is 41.7 Å². The molecule has 0 spiro atoms. The molecule has 0 atom stereocenters. The molecule has 0 aliphatic heterocycles. The van der Waals surface area contributed by atoms with Crippen LogP contribution < -0.4 is 0 Å². The molecule has 2 rings (SSSR count). The third kappa shape index (κ3) is 1.25. The fourth-order valence-corrected chi connectivity index (χ4v) is 1.49. The van der Waals surface area contributed by atoms with Gasteiger partial charge in [0.1, 0.15) is 6.33 Å². The van der Waals surface area contributed by atoms with Crippen LogP contribution >= 0.6 is 0 Å². The Hall–Kier alpha value is -1.84. The second-order valence-corrected chi connectivity index (χ2v) is 3.25. The second kappa shape index (κ2) is 3.14. The molecule has 2 aromatic heterocycles. The Kier molecular flexibility index (Phi) is 1.96. The zero-order chi connectivity index (χ0) is 10.1. The van der Waals surface area contributed by atoms with Crippen LogP contribution in [0.1, 0.15) is 21.6 Å². The lowest BCUT2D eigenvalue weighted by atomic mass is 10.1. The highest BCUT2D eigenvalue weighted by Crippen LogP contribution is 2.13. The molecule has 0 saturated carbocycles. The highest BCUT2D eigenvalue weighted by atomic mass is 16.2. The van der Waals surface area contributed by atoms with E-state index in [1.807, 2.05) is 20.0 Å². The lowest BCUT2D eigenvalue weighted by molar-refractivity contribution is 0.0959. The molecule has 1 N–H and O–H groups in total. The Balaban J connectivity index is 2.46. The van der Waals surface area contributed by atoms with Gasteiger partial charge in [-0.2, -0.15) is 0 Å². The van der Waals surface area contributed by atoms with E-state index in [1.54, 1.807) is 12.4 Å². The summed E-state index contributed by atoms with van der Waals surface area (Å²) in [6.07, 6.45) is 6.58. The normalized spacial score (nSPS) is 10.4. The van der Waals surface area contributed by atoms with Gasteiger partial charge in [-0.1, -0.05) is 0 Å². The Bertz CT molecular complexity index is 434. The molecule has 0 unspecified atom stereocenters. The summed E-state index contributed by atoms with van der Waals surface area (Å²) >= 11 is 0. The number of aromatic nitrogens is 3. The molecule has 0 aromatic carbocycles. The summed E-state index contributed by atoms with van der Waals surface area (Å²) in [6.45, 7) is 3.80. The van der Waals surface area contributed by atoms with Crippen LogP contribution in [0.3, 0.4) is 0 Å². The molecular formula is C10H11N3O. The Morgan fingerprint density at radius 3 is 2.79 bits per heavy atom. The number of nitrogens with zero attached hydrogens (tertiary/aromatic N) is 2. The number of hydrogen-bond acceptors (Lipinski definition) is 2. The molecule has 4 nitrogen and oxygen atoms in total. The predicted octanol–water partition coefficient (Wildman–Crippen LogP) is 1.52. The smallest absolute Gasteiger partial charge is 0.265 e. The number of imidazole rings is 1. The molecule has 14 heavy (non-hydrogen) atoms. The van der Waals surface area contributed by atoms with E-state index in [0.717, 1.165) is 16.8 Å². The summed E-state index contributed by atoms with van der Waals surface area (Å²) in [5.41, 5.74) is 2.57. The quantitative estimate of drug-likeness (QED) is 0.739. The number of hydrogen-bond donors (Lipinski definition) is 1. The van der Waals surface area contributed by atoms with Crippen LogP contribution in [0.15, 0.2) is 24.9 Å². The van der Waals surface area contributed by atoms with Crippen molar-refractivity contribution >= 4 is 5.91 Å². The van der Waals surface area contributed by atoms with Crippen molar-refractivity contribution in [3.8, 4) is 0 Å². The highest BCUT2D eigenvalue weighted by molar-refractivity contribution is 5.98. The van der Waals surface area contributed by atoms with Gasteiger partial charge in [0.25, 0.3) is 5.91 Å². The predicted molar refractivity (Wildman–Crippen MR) is 52.2 cm³/mol. The molecule has 4 heteroatoms. The molecule has 0 saturated heterocycles. The molecule has 0 aliphatic carbocycles. The van der Waals surface area contributed by atoms with Crippen molar-refractivity contribution < 1.29 is 4.79 Å². The largest absolute Gasteiger partial charge is 0.364 e. The van der Waals surface area contributed by atoms with E-state index in [4.69, 9.17) is 0 Å². The van der Waals surface area contributed by atoms with Crippen LogP contribution in [0.5, 0.6) is 0 Å². The van der Waals surface area contributed by atoms with Crippen molar-refractivity contribution in [2.45, 2.75) is 13.8 Å². The van der Waals surface area contributed by atoms with E-state index in [1.165, 1.54) is 10.9 Å². The summed E-state index contributed by atoms with van der Waals surface area (Å²) in [7, 11) is 0. The minimum absolute atomic E-state index is 0.0428. The monoisotopic (exact) mass is 189 g/mol. The van der Waals surface area contributed by atoms with Gasteiger partial charge in [0, 0.05) is 24.3 Å². The van der Waals surface area contributed by atoms with Gasteiger partial charge in [-0.25, -0.2) is 4.98 Å². The molecule has 2 aromatic rings. The topological polar surface area (TPSA) is 50.7 Å². The van der Waals surface area contributed by atoms with Gasteiger partial charge in [-0.05, 0) is 19.4 Å². The van der Waals surface area contributed by atoms with E-state index in [9.17, 15) is 4.79 Å². The highest BCUT2D eigenvalue weighted by Gasteiger charge is 2.14. The van der Waals surface area contributed by atoms with Crippen molar-refractivity contribution in [2.24, 2.45) is 0 Å². The minimum atomic E-state index is -0.0428. The van der Waals surface area contributed by atoms with Crippen LogP contribution in [0.2, 0.25) is 0 Å². The molecule has 0 bridgehead atoms. The van der Waals surface area contributed by atoms with Gasteiger partial charge in [0.15, 0.2) is 0 Å². The zero-order valence-corrected chi connectivity index (χ0v) is 8.11. The van der Waals surface area contributed by atoms with Crippen LogP contribution in [-0.4, -0.2) is 20.4 Å². The Labute approximate surface area is 81.6 Å². The third-order valence-electron chi connectivity index (χ3n) is 2.23. The molecule has 72 valence electrons. The molecule has 0 amide bonds. The Morgan fingerprint density at radius 1 is 1.50 bits per heavy atom. The molecule has 2 heterocycles. The number of aromatic amines is 1. The number of H-pyrrole nitrogens is 1. The van der Waals surface area contributed by atoms with Gasteiger partial charge in [-0.3, -0.25) is 9.36 Å². The van der Waals surface area contributed by atoms with Crippen LogP contribution in [0.4, 0.5) is 0 Å². The molecule has 0 fully saturated rings. The number of nitrogens with one attached hydrogen (secondary N) is 1. The van der Waals surface area contributed by atoms with Gasteiger partial charge in [-0.15, -0.1) is 0 Å². The van der Waals surface area contributed by atoms with E-state index in [0.29, 0.717) is 0 Å². The van der Waals surface area contributed by atoms with Gasteiger partial charge < -0.3 is 4.98 Å². The number of carbonyl (C=O) groups is 1. The minimum Gasteiger partial charge on any atom is -0.364 e. The average molecular weight is 189 g/mol. The fraction of sp³-hybridized carbons (Fsp3) is 0.200. The summed E-state index contributed by atoms with van der Waals surface area (Å²) in [5.74, 6) is -0.0428. The SMILES string of the molecule is Cc1c[nH]c(C)c1C(=O)n1ccnc1. The maximum absolute atomic E-state index is 11.9. The van der Waals surface area contributed by atoms with E-state index in [-0.39, 0.29) is 5.91 Å². The summed E-state index contributed by atoms with van der Waals surface area (Å²) < 4.78 is 1.48. The standard InChI is InChI=1S/C10H11N3O/c1-7-5-12-8(2)9(7)10(14)13-4-3-11-6-13/h3-6,12H,1-2H3. The van der Waals surface area contributed by atoms with Crippen LogP contribution in [0.25, 0.3) is 0 Å². The van der Waals surface area contributed by atoms with E-state index < -0.39 is 0 Å². The number of aryl methyl sites for hydroxylation is 2. The van der Waals surface area contributed by atoms with E-state index >= 15 is 0 Å². The average Bonchev–Trinajstić information content (AvgIpc) is 2.75. The van der Waals surface area contributed by atoms with Crippen molar-refractivity contribution in [1.82, 2.24) is 14.5 Å². The number of rotatable bonds is 1. The molecular weight excluding hydrogens is 178 g/mol. The zero-order valence-electron chi connectivity index (χ0n) is 8.11. The lowest BCUT2D eigenvalue weighted by Crippen LogP contribution is -2.11. The van der Waals surface area contributed by atoms with Crippen molar-refractivity contribution in [1.29, 1.82) is 0 Å². The number of carbonyl (C=O) groups excluding carboxylic acids is 1. The fourth-order valence-electron chi connectivity index (χ4n) is 1.49. The first-order valence-corrected chi connectivity index (χ1v) is 4.37. The third-order valence-corrected chi connectivity index (χ3v) is 2.23.